The van der Waals surface area contributed by atoms with Crippen LogP contribution in [0, 0.1) is 11.8 Å². The zero-order chi connectivity index (χ0) is 25.1. The maximum Gasteiger partial charge on any atom is 0.330 e. The van der Waals surface area contributed by atoms with Crippen molar-refractivity contribution >= 4 is 23.3 Å². The van der Waals surface area contributed by atoms with Crippen molar-refractivity contribution in [3.05, 3.63) is 56.7 Å². The van der Waals surface area contributed by atoms with E-state index in [0.29, 0.717) is 26.2 Å². The molecule has 188 valence electrons. The number of carbonyl (C=O) groups is 2. The number of nitrogens with two attached hydrogens (primary N) is 1. The summed E-state index contributed by atoms with van der Waals surface area (Å²) in [6.07, 6.45) is 1.95. The Morgan fingerprint density at radius 2 is 1.74 bits per heavy atom. The van der Waals surface area contributed by atoms with Crippen LogP contribution in [0.15, 0.2) is 39.9 Å². The van der Waals surface area contributed by atoms with Crippen LogP contribution in [0.4, 0.5) is 11.5 Å². The molecule has 2 aromatic rings. The molecule has 0 unspecified atom stereocenters. The Hall–Kier alpha value is -3.40. The van der Waals surface area contributed by atoms with Gasteiger partial charge in [-0.3, -0.25) is 28.8 Å². The lowest BCUT2D eigenvalue weighted by atomic mass is 10.2. The molecule has 1 aliphatic carbocycles. The molecule has 0 radical (unpaired) electrons. The molecule has 1 aliphatic heterocycles. The lowest BCUT2D eigenvalue weighted by Gasteiger charge is -2.35. The number of hydrogen-bond acceptors (Lipinski definition) is 6. The highest BCUT2D eigenvalue weighted by Gasteiger charge is 2.35. The van der Waals surface area contributed by atoms with Gasteiger partial charge < -0.3 is 15.5 Å². The van der Waals surface area contributed by atoms with Crippen molar-refractivity contribution in [3.63, 3.8) is 0 Å². The fourth-order valence-electron chi connectivity index (χ4n) is 4.44. The monoisotopic (exact) mass is 482 g/mol. The van der Waals surface area contributed by atoms with Crippen LogP contribution in [-0.2, 0) is 16.1 Å². The third-order valence-corrected chi connectivity index (χ3v) is 6.49. The normalized spacial score (nSPS) is 16.5. The molecule has 3 N–H and O–H groups in total. The highest BCUT2D eigenvalue weighted by atomic mass is 16.2. The number of hydrogen-bond donors (Lipinski definition) is 2. The number of nitrogen functional groups attached to an aromatic ring is 1. The summed E-state index contributed by atoms with van der Waals surface area (Å²) in [6, 6.07) is 9.31. The number of nitrogens with zero attached hydrogens (tertiary/aromatic N) is 4. The fourth-order valence-corrected chi connectivity index (χ4v) is 4.44. The largest absolute Gasteiger partial charge is 0.383 e. The quantitative estimate of drug-likeness (QED) is 0.571. The first kappa shape index (κ1) is 24.7. The summed E-state index contributed by atoms with van der Waals surface area (Å²) in [5.41, 5.74) is 5.91. The summed E-state index contributed by atoms with van der Waals surface area (Å²) >= 11 is 0. The van der Waals surface area contributed by atoms with Gasteiger partial charge in [0.1, 0.15) is 5.82 Å². The number of aromatic amines is 1. The van der Waals surface area contributed by atoms with Crippen molar-refractivity contribution < 1.29 is 9.59 Å². The molecule has 2 fully saturated rings. The zero-order valence-electron chi connectivity index (χ0n) is 20.4. The van der Waals surface area contributed by atoms with Gasteiger partial charge in [0.05, 0.1) is 13.1 Å². The molecule has 1 aromatic carbocycles. The SMILES string of the molecule is CC(C)CN(C(=O)CN1CCN(C(=O)C2CC2)CC1)c1c(N)n(Cc2ccccc2)c(=O)[nH]c1=O. The van der Waals surface area contributed by atoms with E-state index in [1.165, 1.54) is 9.47 Å². The number of piperazine rings is 1. The molecule has 35 heavy (non-hydrogen) atoms. The lowest BCUT2D eigenvalue weighted by molar-refractivity contribution is -0.134. The van der Waals surface area contributed by atoms with Crippen molar-refractivity contribution in [1.29, 1.82) is 0 Å². The molecule has 0 atom stereocenters. The molecule has 1 aromatic heterocycles. The van der Waals surface area contributed by atoms with E-state index in [-0.39, 0.29) is 54.8 Å². The predicted octanol–water partition coefficient (Wildman–Crippen LogP) is 0.710. The smallest absolute Gasteiger partial charge is 0.330 e. The topological polar surface area (TPSA) is 125 Å². The van der Waals surface area contributed by atoms with Gasteiger partial charge >= 0.3 is 5.69 Å². The summed E-state index contributed by atoms with van der Waals surface area (Å²) in [5.74, 6) is 0.183. The van der Waals surface area contributed by atoms with E-state index in [4.69, 9.17) is 5.73 Å². The molecular formula is C25H34N6O4. The van der Waals surface area contributed by atoms with Crippen LogP contribution in [0.3, 0.4) is 0 Å². The highest BCUT2D eigenvalue weighted by Crippen LogP contribution is 2.31. The summed E-state index contributed by atoms with van der Waals surface area (Å²) in [5, 5.41) is 0. The number of amides is 2. The maximum absolute atomic E-state index is 13.4. The standard InChI is InChI=1S/C25H34N6O4/c1-17(2)14-30(20(32)16-28-10-12-29(13-11-28)24(34)19-8-9-19)21-22(26)31(25(35)27-23(21)33)15-18-6-4-3-5-7-18/h3-7,17,19H,8-16,26H2,1-2H3,(H,27,33,35). The van der Waals surface area contributed by atoms with Gasteiger partial charge in [0.2, 0.25) is 11.8 Å². The van der Waals surface area contributed by atoms with Crippen molar-refractivity contribution in [2.45, 2.75) is 33.2 Å². The van der Waals surface area contributed by atoms with Crippen LogP contribution >= 0.6 is 0 Å². The number of aromatic nitrogens is 2. The van der Waals surface area contributed by atoms with Crippen molar-refractivity contribution in [2.75, 3.05) is 49.9 Å². The second kappa shape index (κ2) is 10.5. The minimum absolute atomic E-state index is 0.00165. The fraction of sp³-hybridized carbons (Fsp3) is 0.520. The van der Waals surface area contributed by atoms with Crippen LogP contribution < -0.4 is 21.9 Å². The van der Waals surface area contributed by atoms with Crippen LogP contribution in [0.2, 0.25) is 0 Å². The van der Waals surface area contributed by atoms with E-state index in [9.17, 15) is 19.2 Å². The van der Waals surface area contributed by atoms with Gasteiger partial charge in [0, 0.05) is 38.6 Å². The summed E-state index contributed by atoms with van der Waals surface area (Å²) < 4.78 is 1.29. The second-order valence-electron chi connectivity index (χ2n) is 9.84. The Balaban J connectivity index is 1.54. The first-order valence-electron chi connectivity index (χ1n) is 12.2. The molecule has 4 rings (SSSR count). The van der Waals surface area contributed by atoms with Crippen LogP contribution in [0.1, 0.15) is 32.3 Å². The molecular weight excluding hydrogens is 448 g/mol. The third-order valence-electron chi connectivity index (χ3n) is 6.49. The molecule has 2 heterocycles. The van der Waals surface area contributed by atoms with Gasteiger partial charge in [-0.15, -0.1) is 0 Å². The number of anilines is 2. The molecule has 10 nitrogen and oxygen atoms in total. The van der Waals surface area contributed by atoms with Gasteiger partial charge in [-0.05, 0) is 24.3 Å². The molecule has 0 spiro atoms. The van der Waals surface area contributed by atoms with E-state index in [2.05, 4.69) is 4.98 Å². The Kier molecular flexibility index (Phi) is 7.39. The molecule has 1 saturated heterocycles. The number of H-pyrrole nitrogens is 1. The molecule has 2 aliphatic rings. The van der Waals surface area contributed by atoms with Crippen molar-refractivity contribution in [1.82, 2.24) is 19.4 Å². The molecule has 2 amide bonds. The lowest BCUT2D eigenvalue weighted by Crippen LogP contribution is -2.53. The van der Waals surface area contributed by atoms with Gasteiger partial charge in [-0.2, -0.15) is 0 Å². The predicted molar refractivity (Wildman–Crippen MR) is 134 cm³/mol. The number of benzene rings is 1. The number of nitrogens with one attached hydrogen (secondary N) is 1. The first-order chi connectivity index (χ1) is 16.7. The van der Waals surface area contributed by atoms with Crippen LogP contribution in [-0.4, -0.2) is 70.4 Å². The average Bonchev–Trinajstić information content (AvgIpc) is 3.67. The molecule has 10 heteroatoms. The van der Waals surface area contributed by atoms with E-state index in [0.717, 1.165) is 18.4 Å². The Morgan fingerprint density at radius 3 is 2.34 bits per heavy atom. The van der Waals surface area contributed by atoms with E-state index >= 15 is 0 Å². The first-order valence-corrected chi connectivity index (χ1v) is 12.2. The summed E-state index contributed by atoms with van der Waals surface area (Å²) in [7, 11) is 0. The van der Waals surface area contributed by atoms with Crippen molar-refractivity contribution in [3.8, 4) is 0 Å². The number of carbonyl (C=O) groups excluding carboxylic acids is 2. The molecule has 0 bridgehead atoms. The summed E-state index contributed by atoms with van der Waals surface area (Å²) in [6.45, 7) is 6.85. The van der Waals surface area contributed by atoms with Gasteiger partial charge in [0.15, 0.2) is 5.69 Å². The minimum Gasteiger partial charge on any atom is -0.383 e. The van der Waals surface area contributed by atoms with Gasteiger partial charge in [-0.25, -0.2) is 4.79 Å². The minimum atomic E-state index is -0.675. The van der Waals surface area contributed by atoms with Gasteiger partial charge in [0.25, 0.3) is 5.56 Å². The summed E-state index contributed by atoms with van der Waals surface area (Å²) in [4.78, 5) is 58.8. The zero-order valence-corrected chi connectivity index (χ0v) is 20.4. The second-order valence-corrected chi connectivity index (χ2v) is 9.84. The van der Waals surface area contributed by atoms with E-state index < -0.39 is 11.2 Å². The van der Waals surface area contributed by atoms with Gasteiger partial charge in [-0.1, -0.05) is 44.2 Å². The average molecular weight is 483 g/mol. The van der Waals surface area contributed by atoms with Crippen LogP contribution in [0.5, 0.6) is 0 Å². The van der Waals surface area contributed by atoms with Crippen LogP contribution in [0.25, 0.3) is 0 Å². The van der Waals surface area contributed by atoms with Crippen molar-refractivity contribution in [2.24, 2.45) is 11.8 Å². The Morgan fingerprint density at radius 1 is 1.09 bits per heavy atom. The molecule has 1 saturated carbocycles. The highest BCUT2D eigenvalue weighted by molar-refractivity contribution is 5.97. The third kappa shape index (κ3) is 5.82. The van der Waals surface area contributed by atoms with E-state index in [1.807, 2.05) is 54.0 Å². The Labute approximate surface area is 204 Å². The van der Waals surface area contributed by atoms with E-state index in [1.54, 1.807) is 0 Å². The Bertz CT molecular complexity index is 1180. The maximum atomic E-state index is 13.4. The number of rotatable bonds is 8.